The van der Waals surface area contributed by atoms with Crippen LogP contribution in [-0.2, 0) is 0 Å². The topological polar surface area (TPSA) is 37.8 Å². The van der Waals surface area contributed by atoms with Crippen LogP contribution in [0.25, 0.3) is 0 Å². The molecule has 1 unspecified atom stereocenters. The average Bonchev–Trinajstić information content (AvgIpc) is 2.19. The molecule has 0 saturated carbocycles. The van der Waals surface area contributed by atoms with Crippen molar-refractivity contribution in [2.24, 2.45) is 0 Å². The Balaban J connectivity index is 2.69. The predicted octanol–water partition coefficient (Wildman–Crippen LogP) is 1.70. The number of hydrogen-bond donors (Lipinski definition) is 1. The van der Waals surface area contributed by atoms with E-state index < -0.39 is 0 Å². The molecule has 1 atom stereocenters. The van der Waals surface area contributed by atoms with Crippen molar-refractivity contribution in [3.05, 3.63) is 36.9 Å². The lowest BCUT2D eigenvalue weighted by atomic mass is 10.1. The van der Waals surface area contributed by atoms with E-state index in [1.165, 1.54) is 0 Å². The van der Waals surface area contributed by atoms with Crippen LogP contribution in [0.3, 0.4) is 0 Å². The zero-order valence-corrected chi connectivity index (χ0v) is 7.90. The standard InChI is InChI=1S/C10H15N3/c1-3-5-9(12-4-2)10-6-7-11-8-13-10/h3,6-9,12H,1,4-5H2,2H3. The van der Waals surface area contributed by atoms with Crippen LogP contribution in [0.2, 0.25) is 0 Å². The molecule has 0 amide bonds. The number of aromatic nitrogens is 2. The first-order valence-electron chi connectivity index (χ1n) is 4.48. The number of rotatable bonds is 5. The van der Waals surface area contributed by atoms with Gasteiger partial charge < -0.3 is 5.32 Å². The minimum absolute atomic E-state index is 0.269. The second kappa shape index (κ2) is 5.43. The molecule has 3 nitrogen and oxygen atoms in total. The van der Waals surface area contributed by atoms with Crippen LogP contribution >= 0.6 is 0 Å². The molecule has 0 spiro atoms. The van der Waals surface area contributed by atoms with E-state index in [0.717, 1.165) is 18.7 Å². The van der Waals surface area contributed by atoms with Gasteiger partial charge in [0.25, 0.3) is 0 Å². The van der Waals surface area contributed by atoms with E-state index in [4.69, 9.17) is 0 Å². The van der Waals surface area contributed by atoms with Crippen molar-refractivity contribution >= 4 is 0 Å². The van der Waals surface area contributed by atoms with Gasteiger partial charge >= 0.3 is 0 Å². The second-order valence-electron chi connectivity index (χ2n) is 2.77. The second-order valence-corrected chi connectivity index (χ2v) is 2.77. The molecular formula is C10H15N3. The van der Waals surface area contributed by atoms with Crippen molar-refractivity contribution in [1.29, 1.82) is 0 Å². The van der Waals surface area contributed by atoms with Crippen molar-refractivity contribution in [2.75, 3.05) is 6.54 Å². The quantitative estimate of drug-likeness (QED) is 0.696. The maximum Gasteiger partial charge on any atom is 0.115 e. The van der Waals surface area contributed by atoms with Gasteiger partial charge in [0.1, 0.15) is 6.33 Å². The monoisotopic (exact) mass is 177 g/mol. The third-order valence-electron chi connectivity index (χ3n) is 1.81. The fourth-order valence-electron chi connectivity index (χ4n) is 1.23. The molecule has 1 aromatic heterocycles. The highest BCUT2D eigenvalue weighted by molar-refractivity contribution is 5.06. The molecule has 0 bridgehead atoms. The third-order valence-corrected chi connectivity index (χ3v) is 1.81. The first-order chi connectivity index (χ1) is 6.38. The Morgan fingerprint density at radius 1 is 1.69 bits per heavy atom. The molecule has 3 heteroatoms. The highest BCUT2D eigenvalue weighted by atomic mass is 14.9. The van der Waals surface area contributed by atoms with E-state index in [0.29, 0.717) is 0 Å². The molecule has 0 saturated heterocycles. The molecule has 70 valence electrons. The van der Waals surface area contributed by atoms with Crippen LogP contribution in [0.4, 0.5) is 0 Å². The first kappa shape index (κ1) is 9.86. The molecule has 0 fully saturated rings. The Kier molecular flexibility index (Phi) is 4.12. The first-order valence-corrected chi connectivity index (χ1v) is 4.48. The summed E-state index contributed by atoms with van der Waals surface area (Å²) in [5.41, 5.74) is 1.02. The minimum atomic E-state index is 0.269. The molecule has 0 radical (unpaired) electrons. The molecule has 0 aromatic carbocycles. The SMILES string of the molecule is C=CCC(NCC)c1ccncn1. The van der Waals surface area contributed by atoms with Crippen molar-refractivity contribution < 1.29 is 0 Å². The van der Waals surface area contributed by atoms with E-state index in [2.05, 4.69) is 28.8 Å². The Bertz CT molecular complexity index is 246. The summed E-state index contributed by atoms with van der Waals surface area (Å²) in [7, 11) is 0. The van der Waals surface area contributed by atoms with E-state index in [-0.39, 0.29) is 6.04 Å². The van der Waals surface area contributed by atoms with Gasteiger partial charge in [-0.25, -0.2) is 9.97 Å². The third kappa shape index (κ3) is 2.95. The van der Waals surface area contributed by atoms with Crippen LogP contribution in [-0.4, -0.2) is 16.5 Å². The number of nitrogens with zero attached hydrogens (tertiary/aromatic N) is 2. The Hall–Kier alpha value is -1.22. The van der Waals surface area contributed by atoms with Crippen molar-refractivity contribution in [3.63, 3.8) is 0 Å². The lowest BCUT2D eigenvalue weighted by Gasteiger charge is -2.14. The largest absolute Gasteiger partial charge is 0.309 e. The highest BCUT2D eigenvalue weighted by Gasteiger charge is 2.08. The summed E-state index contributed by atoms with van der Waals surface area (Å²) in [6.45, 7) is 6.74. The van der Waals surface area contributed by atoms with Gasteiger partial charge in [-0.2, -0.15) is 0 Å². The zero-order valence-electron chi connectivity index (χ0n) is 7.90. The molecule has 0 aliphatic rings. The summed E-state index contributed by atoms with van der Waals surface area (Å²) in [5, 5.41) is 3.34. The molecule has 0 aliphatic heterocycles. The molecule has 1 heterocycles. The molecule has 1 aromatic rings. The number of hydrogen-bond acceptors (Lipinski definition) is 3. The van der Waals surface area contributed by atoms with Crippen molar-refractivity contribution in [1.82, 2.24) is 15.3 Å². The van der Waals surface area contributed by atoms with E-state index in [1.54, 1.807) is 12.5 Å². The van der Waals surface area contributed by atoms with Crippen LogP contribution < -0.4 is 5.32 Å². The van der Waals surface area contributed by atoms with Gasteiger partial charge in [0, 0.05) is 6.20 Å². The van der Waals surface area contributed by atoms with Crippen molar-refractivity contribution in [2.45, 2.75) is 19.4 Å². The predicted molar refractivity (Wildman–Crippen MR) is 53.3 cm³/mol. The summed E-state index contributed by atoms with van der Waals surface area (Å²) in [6.07, 6.45) is 6.12. The Morgan fingerprint density at radius 2 is 2.54 bits per heavy atom. The van der Waals surface area contributed by atoms with Gasteiger partial charge in [0.15, 0.2) is 0 Å². The molecular weight excluding hydrogens is 162 g/mol. The van der Waals surface area contributed by atoms with E-state index >= 15 is 0 Å². The molecule has 13 heavy (non-hydrogen) atoms. The van der Waals surface area contributed by atoms with Crippen LogP contribution in [0.1, 0.15) is 25.1 Å². The summed E-state index contributed by atoms with van der Waals surface area (Å²) in [4.78, 5) is 8.08. The zero-order chi connectivity index (χ0) is 9.52. The Morgan fingerprint density at radius 3 is 3.08 bits per heavy atom. The molecule has 1 rings (SSSR count). The summed E-state index contributed by atoms with van der Waals surface area (Å²) < 4.78 is 0. The minimum Gasteiger partial charge on any atom is -0.309 e. The summed E-state index contributed by atoms with van der Waals surface area (Å²) in [6, 6.07) is 2.20. The van der Waals surface area contributed by atoms with Crippen LogP contribution in [0.5, 0.6) is 0 Å². The normalized spacial score (nSPS) is 12.4. The van der Waals surface area contributed by atoms with Gasteiger partial charge in [-0.05, 0) is 19.0 Å². The average molecular weight is 177 g/mol. The highest BCUT2D eigenvalue weighted by Crippen LogP contribution is 2.12. The van der Waals surface area contributed by atoms with Gasteiger partial charge in [0.05, 0.1) is 11.7 Å². The van der Waals surface area contributed by atoms with E-state index in [1.807, 2.05) is 12.1 Å². The Labute approximate surface area is 78.9 Å². The molecule has 1 N–H and O–H groups in total. The fourth-order valence-corrected chi connectivity index (χ4v) is 1.23. The van der Waals surface area contributed by atoms with Crippen LogP contribution in [0, 0.1) is 0 Å². The lowest BCUT2D eigenvalue weighted by Crippen LogP contribution is -2.21. The maximum absolute atomic E-state index is 4.19. The lowest BCUT2D eigenvalue weighted by molar-refractivity contribution is 0.544. The van der Waals surface area contributed by atoms with Crippen molar-refractivity contribution in [3.8, 4) is 0 Å². The molecule has 0 aliphatic carbocycles. The van der Waals surface area contributed by atoms with Gasteiger partial charge in [0.2, 0.25) is 0 Å². The summed E-state index contributed by atoms with van der Waals surface area (Å²) in [5.74, 6) is 0. The van der Waals surface area contributed by atoms with E-state index in [9.17, 15) is 0 Å². The summed E-state index contributed by atoms with van der Waals surface area (Å²) >= 11 is 0. The van der Waals surface area contributed by atoms with Gasteiger partial charge in [-0.3, -0.25) is 0 Å². The number of nitrogens with one attached hydrogen (secondary N) is 1. The van der Waals surface area contributed by atoms with Gasteiger partial charge in [-0.15, -0.1) is 6.58 Å². The fraction of sp³-hybridized carbons (Fsp3) is 0.400. The maximum atomic E-state index is 4.19. The smallest absolute Gasteiger partial charge is 0.115 e. The van der Waals surface area contributed by atoms with Gasteiger partial charge in [-0.1, -0.05) is 13.0 Å². The van der Waals surface area contributed by atoms with Crippen LogP contribution in [0.15, 0.2) is 31.2 Å².